The molecule has 1 fully saturated rings. The first-order chi connectivity index (χ1) is 6.24. The lowest BCUT2D eigenvalue weighted by Gasteiger charge is -2.25. The zero-order chi connectivity index (χ0) is 9.31. The quantitative estimate of drug-likeness (QED) is 0.676. The van der Waals surface area contributed by atoms with Crippen molar-refractivity contribution in [3.05, 3.63) is 24.2 Å². The fourth-order valence-corrected chi connectivity index (χ4v) is 2.20. The summed E-state index contributed by atoms with van der Waals surface area (Å²) in [6.07, 6.45) is 5.39. The number of hydrogen-bond donors (Lipinski definition) is 0. The van der Waals surface area contributed by atoms with Gasteiger partial charge in [0.05, 0.1) is 6.26 Å². The van der Waals surface area contributed by atoms with Crippen LogP contribution in [-0.4, -0.2) is 5.88 Å². The fraction of sp³-hybridized carbons (Fsp3) is 0.636. The van der Waals surface area contributed by atoms with Crippen molar-refractivity contribution in [2.45, 2.75) is 26.2 Å². The van der Waals surface area contributed by atoms with E-state index < -0.39 is 0 Å². The van der Waals surface area contributed by atoms with Gasteiger partial charge in [0.25, 0.3) is 0 Å². The molecule has 0 spiro atoms. The minimum absolute atomic E-state index is 0.249. The first kappa shape index (κ1) is 9.14. The van der Waals surface area contributed by atoms with Crippen LogP contribution in [0, 0.1) is 11.3 Å². The minimum atomic E-state index is 0.249. The predicted molar refractivity (Wildman–Crippen MR) is 54.0 cm³/mol. The molecule has 1 nitrogen and oxygen atoms in total. The maximum Gasteiger partial charge on any atom is 0.104 e. The van der Waals surface area contributed by atoms with Gasteiger partial charge >= 0.3 is 0 Å². The van der Waals surface area contributed by atoms with Gasteiger partial charge in [0, 0.05) is 12.3 Å². The molecule has 2 rings (SSSR count). The molecule has 0 aromatic carbocycles. The fourth-order valence-electron chi connectivity index (χ4n) is 1.89. The molecule has 1 unspecified atom stereocenters. The van der Waals surface area contributed by atoms with Crippen LogP contribution >= 0.6 is 11.6 Å². The van der Waals surface area contributed by atoms with Crippen LogP contribution in [0.25, 0.3) is 0 Å². The average molecular weight is 199 g/mol. The highest BCUT2D eigenvalue weighted by Gasteiger charge is 2.41. The molecular formula is C11H15ClO. The van der Waals surface area contributed by atoms with Gasteiger partial charge in [-0.15, -0.1) is 11.6 Å². The van der Waals surface area contributed by atoms with E-state index in [0.717, 1.165) is 24.0 Å². The number of rotatable bonds is 4. The van der Waals surface area contributed by atoms with Crippen molar-refractivity contribution in [3.8, 4) is 0 Å². The van der Waals surface area contributed by atoms with Crippen molar-refractivity contribution in [2.75, 3.05) is 5.88 Å². The Balaban J connectivity index is 2.05. The largest absolute Gasteiger partial charge is 0.469 e. The van der Waals surface area contributed by atoms with E-state index in [9.17, 15) is 0 Å². The van der Waals surface area contributed by atoms with Gasteiger partial charge in [-0.1, -0.05) is 6.92 Å². The monoisotopic (exact) mass is 198 g/mol. The SMILES string of the molecule is CC(CCl)(Cc1ccco1)C1CC1. The van der Waals surface area contributed by atoms with E-state index in [1.54, 1.807) is 6.26 Å². The Morgan fingerprint density at radius 2 is 2.38 bits per heavy atom. The maximum atomic E-state index is 6.02. The van der Waals surface area contributed by atoms with E-state index in [-0.39, 0.29) is 5.41 Å². The summed E-state index contributed by atoms with van der Waals surface area (Å²) in [7, 11) is 0. The Bertz CT molecular complexity index is 264. The molecular weight excluding hydrogens is 184 g/mol. The van der Waals surface area contributed by atoms with Gasteiger partial charge in [0.1, 0.15) is 5.76 Å². The highest BCUT2D eigenvalue weighted by Crippen LogP contribution is 2.47. The lowest BCUT2D eigenvalue weighted by Crippen LogP contribution is -2.24. The number of hydrogen-bond acceptors (Lipinski definition) is 1. The normalized spacial score (nSPS) is 21.4. The van der Waals surface area contributed by atoms with Crippen LogP contribution in [0.2, 0.25) is 0 Å². The molecule has 0 saturated heterocycles. The molecule has 0 amide bonds. The molecule has 2 heteroatoms. The smallest absolute Gasteiger partial charge is 0.104 e. The first-order valence-electron chi connectivity index (χ1n) is 4.83. The van der Waals surface area contributed by atoms with Crippen LogP contribution < -0.4 is 0 Å². The van der Waals surface area contributed by atoms with E-state index in [1.807, 2.05) is 12.1 Å². The summed E-state index contributed by atoms with van der Waals surface area (Å²) in [5.41, 5.74) is 0.249. The molecule has 0 N–H and O–H groups in total. The van der Waals surface area contributed by atoms with Crippen molar-refractivity contribution >= 4 is 11.6 Å². The summed E-state index contributed by atoms with van der Waals surface area (Å²) in [4.78, 5) is 0. The molecule has 1 heterocycles. The zero-order valence-corrected chi connectivity index (χ0v) is 8.68. The minimum Gasteiger partial charge on any atom is -0.469 e. The lowest BCUT2D eigenvalue weighted by molar-refractivity contribution is 0.288. The summed E-state index contributed by atoms with van der Waals surface area (Å²) < 4.78 is 5.35. The number of alkyl halides is 1. The van der Waals surface area contributed by atoms with E-state index in [0.29, 0.717) is 0 Å². The van der Waals surface area contributed by atoms with E-state index in [4.69, 9.17) is 16.0 Å². The van der Waals surface area contributed by atoms with Crippen molar-refractivity contribution in [1.29, 1.82) is 0 Å². The Morgan fingerprint density at radius 1 is 1.62 bits per heavy atom. The van der Waals surface area contributed by atoms with Crippen molar-refractivity contribution in [2.24, 2.45) is 11.3 Å². The van der Waals surface area contributed by atoms with Crippen molar-refractivity contribution in [3.63, 3.8) is 0 Å². The van der Waals surface area contributed by atoms with Crippen LogP contribution in [-0.2, 0) is 6.42 Å². The molecule has 1 aromatic heterocycles. The molecule has 1 aromatic rings. The second-order valence-corrected chi connectivity index (χ2v) is 4.59. The van der Waals surface area contributed by atoms with E-state index in [1.165, 1.54) is 12.8 Å². The topological polar surface area (TPSA) is 13.1 Å². The van der Waals surface area contributed by atoms with E-state index in [2.05, 4.69) is 6.92 Å². The van der Waals surface area contributed by atoms with Crippen molar-refractivity contribution in [1.82, 2.24) is 0 Å². The molecule has 1 aliphatic carbocycles. The van der Waals surface area contributed by atoms with Gasteiger partial charge in [0.2, 0.25) is 0 Å². The Labute approximate surface area is 84.1 Å². The van der Waals surface area contributed by atoms with E-state index >= 15 is 0 Å². The second-order valence-electron chi connectivity index (χ2n) is 4.32. The Morgan fingerprint density at radius 3 is 2.85 bits per heavy atom. The first-order valence-corrected chi connectivity index (χ1v) is 5.36. The second kappa shape index (κ2) is 3.38. The summed E-state index contributed by atoms with van der Waals surface area (Å²) in [5, 5.41) is 0. The summed E-state index contributed by atoms with van der Waals surface area (Å²) in [6.45, 7) is 2.26. The summed E-state index contributed by atoms with van der Waals surface area (Å²) >= 11 is 6.02. The molecule has 0 radical (unpaired) electrons. The van der Waals surface area contributed by atoms with Gasteiger partial charge in [0.15, 0.2) is 0 Å². The molecule has 72 valence electrons. The highest BCUT2D eigenvalue weighted by atomic mass is 35.5. The van der Waals surface area contributed by atoms with Crippen LogP contribution in [0.5, 0.6) is 0 Å². The summed E-state index contributed by atoms with van der Waals surface area (Å²) in [5.74, 6) is 2.61. The predicted octanol–water partition coefficient (Wildman–Crippen LogP) is 3.48. The molecule has 1 saturated carbocycles. The van der Waals surface area contributed by atoms with Gasteiger partial charge in [-0.2, -0.15) is 0 Å². The number of halogens is 1. The van der Waals surface area contributed by atoms with Crippen LogP contribution in [0.1, 0.15) is 25.5 Å². The highest BCUT2D eigenvalue weighted by molar-refractivity contribution is 6.18. The molecule has 1 aliphatic rings. The van der Waals surface area contributed by atoms with Gasteiger partial charge in [-0.05, 0) is 36.3 Å². The molecule has 1 atom stereocenters. The maximum absolute atomic E-state index is 6.02. The van der Waals surface area contributed by atoms with Gasteiger partial charge in [-0.3, -0.25) is 0 Å². The molecule has 0 aliphatic heterocycles. The van der Waals surface area contributed by atoms with Crippen molar-refractivity contribution < 1.29 is 4.42 Å². The van der Waals surface area contributed by atoms with Crippen LogP contribution in [0.15, 0.2) is 22.8 Å². The Hall–Kier alpha value is -0.430. The van der Waals surface area contributed by atoms with Crippen LogP contribution in [0.3, 0.4) is 0 Å². The third-order valence-electron chi connectivity index (χ3n) is 3.03. The lowest BCUT2D eigenvalue weighted by atomic mass is 9.83. The summed E-state index contributed by atoms with van der Waals surface area (Å²) in [6, 6.07) is 3.98. The molecule has 0 bridgehead atoms. The third-order valence-corrected chi connectivity index (χ3v) is 3.64. The third kappa shape index (κ3) is 1.91. The number of furan rings is 1. The van der Waals surface area contributed by atoms with Gasteiger partial charge in [-0.25, -0.2) is 0 Å². The average Bonchev–Trinajstić information content (AvgIpc) is 2.88. The molecule has 13 heavy (non-hydrogen) atoms. The Kier molecular flexibility index (Phi) is 2.37. The standard InChI is InChI=1S/C11H15ClO/c1-11(8-12,9-4-5-9)7-10-3-2-6-13-10/h2-3,6,9H,4-5,7-8H2,1H3. The van der Waals surface area contributed by atoms with Gasteiger partial charge < -0.3 is 4.42 Å². The van der Waals surface area contributed by atoms with Crippen LogP contribution in [0.4, 0.5) is 0 Å². The zero-order valence-electron chi connectivity index (χ0n) is 7.92.